The molecule has 1 heterocycles. The van der Waals surface area contributed by atoms with Gasteiger partial charge in [-0.1, -0.05) is 0 Å². The lowest BCUT2D eigenvalue weighted by Gasteiger charge is -2.03. The van der Waals surface area contributed by atoms with Gasteiger partial charge in [0.05, 0.1) is 6.67 Å². The second kappa shape index (κ2) is 1.99. The Morgan fingerprint density at radius 3 is 2.29 bits per heavy atom. The highest BCUT2D eigenvalue weighted by Gasteiger charge is 2.12. The van der Waals surface area contributed by atoms with Crippen LogP contribution >= 0.6 is 11.8 Å². The largest absolute Gasteiger partial charge is 0.291 e. The standard InChI is InChI=1S/C4H9ClN2/c1-6-2-3-7(5)4-6/h2-4H2,1H3. The van der Waals surface area contributed by atoms with Crippen LogP contribution in [0.15, 0.2) is 0 Å². The molecule has 0 bridgehead atoms. The van der Waals surface area contributed by atoms with E-state index in [1.54, 1.807) is 4.42 Å². The van der Waals surface area contributed by atoms with Crippen molar-refractivity contribution in [2.45, 2.75) is 0 Å². The number of halogens is 1. The van der Waals surface area contributed by atoms with Gasteiger partial charge in [0, 0.05) is 13.1 Å². The molecular formula is C4H9ClN2. The van der Waals surface area contributed by atoms with E-state index in [9.17, 15) is 0 Å². The first kappa shape index (κ1) is 5.35. The Morgan fingerprint density at radius 2 is 2.14 bits per heavy atom. The normalized spacial score (nSPS) is 26.6. The van der Waals surface area contributed by atoms with Crippen molar-refractivity contribution in [2.24, 2.45) is 0 Å². The molecule has 1 rings (SSSR count). The minimum absolute atomic E-state index is 0.904. The van der Waals surface area contributed by atoms with E-state index in [1.807, 2.05) is 0 Å². The Bertz CT molecular complexity index is 58.7. The van der Waals surface area contributed by atoms with Gasteiger partial charge in [0.1, 0.15) is 0 Å². The van der Waals surface area contributed by atoms with E-state index in [1.165, 1.54) is 0 Å². The summed E-state index contributed by atoms with van der Waals surface area (Å²) in [5, 5.41) is 0. The van der Waals surface area contributed by atoms with Crippen molar-refractivity contribution >= 4 is 11.8 Å². The summed E-state index contributed by atoms with van der Waals surface area (Å²) in [6, 6.07) is 0. The summed E-state index contributed by atoms with van der Waals surface area (Å²) in [5.41, 5.74) is 0. The summed E-state index contributed by atoms with van der Waals surface area (Å²) in [5.74, 6) is 0. The van der Waals surface area contributed by atoms with Crippen LogP contribution in [0.4, 0.5) is 0 Å². The summed E-state index contributed by atoms with van der Waals surface area (Å²) in [7, 11) is 2.06. The van der Waals surface area contributed by atoms with Gasteiger partial charge in [-0.15, -0.1) is 0 Å². The monoisotopic (exact) mass is 120 g/mol. The van der Waals surface area contributed by atoms with E-state index in [2.05, 4.69) is 11.9 Å². The third-order valence-electron chi connectivity index (χ3n) is 1.12. The lowest BCUT2D eigenvalue weighted by molar-refractivity contribution is 0.372. The predicted octanol–water partition coefficient (Wildman–Crippen LogP) is 0.345. The Hall–Kier alpha value is 0.210. The quantitative estimate of drug-likeness (QED) is 0.426. The average Bonchev–Trinajstić information content (AvgIpc) is 1.87. The maximum Gasteiger partial charge on any atom is 0.0652 e. The zero-order valence-electron chi connectivity index (χ0n) is 4.39. The smallest absolute Gasteiger partial charge is 0.0652 e. The zero-order chi connectivity index (χ0) is 5.28. The predicted molar refractivity (Wildman–Crippen MR) is 30.1 cm³/mol. The molecular weight excluding hydrogens is 112 g/mol. The van der Waals surface area contributed by atoms with Gasteiger partial charge in [-0.05, 0) is 18.8 Å². The van der Waals surface area contributed by atoms with E-state index in [0.717, 1.165) is 19.8 Å². The molecule has 2 nitrogen and oxygen atoms in total. The topological polar surface area (TPSA) is 6.48 Å². The maximum atomic E-state index is 5.60. The average molecular weight is 121 g/mol. The summed E-state index contributed by atoms with van der Waals surface area (Å²) in [6.45, 7) is 3.00. The van der Waals surface area contributed by atoms with Crippen LogP contribution in [0.1, 0.15) is 0 Å². The van der Waals surface area contributed by atoms with Crippen molar-refractivity contribution in [2.75, 3.05) is 26.8 Å². The molecule has 0 radical (unpaired) electrons. The minimum Gasteiger partial charge on any atom is -0.291 e. The fraction of sp³-hybridized carbons (Fsp3) is 1.00. The fourth-order valence-corrected chi connectivity index (χ4v) is 0.941. The van der Waals surface area contributed by atoms with Crippen molar-refractivity contribution in [3.05, 3.63) is 0 Å². The van der Waals surface area contributed by atoms with Crippen LogP contribution in [-0.2, 0) is 0 Å². The Kier molecular flexibility index (Phi) is 1.52. The number of likely N-dealkylation sites (N-methyl/N-ethyl adjacent to an activating group) is 1. The molecule has 42 valence electrons. The van der Waals surface area contributed by atoms with Crippen molar-refractivity contribution in [1.82, 2.24) is 9.32 Å². The highest BCUT2D eigenvalue weighted by Crippen LogP contribution is 2.02. The molecule has 1 aliphatic heterocycles. The van der Waals surface area contributed by atoms with Crippen LogP contribution in [0.3, 0.4) is 0 Å². The lowest BCUT2D eigenvalue weighted by Crippen LogP contribution is -2.14. The molecule has 1 saturated heterocycles. The highest BCUT2D eigenvalue weighted by atomic mass is 35.5. The lowest BCUT2D eigenvalue weighted by atomic mass is 10.7. The SMILES string of the molecule is CN1CCN(Cl)C1. The van der Waals surface area contributed by atoms with Crippen molar-refractivity contribution in [3.63, 3.8) is 0 Å². The van der Waals surface area contributed by atoms with Crippen LogP contribution in [-0.4, -0.2) is 36.1 Å². The van der Waals surface area contributed by atoms with E-state index in [4.69, 9.17) is 11.8 Å². The van der Waals surface area contributed by atoms with Crippen molar-refractivity contribution < 1.29 is 0 Å². The zero-order valence-corrected chi connectivity index (χ0v) is 5.15. The molecule has 0 aromatic carbocycles. The number of hydrogen-bond acceptors (Lipinski definition) is 2. The summed E-state index contributed by atoms with van der Waals surface area (Å²) in [4.78, 5) is 2.17. The third-order valence-corrected chi connectivity index (χ3v) is 1.40. The van der Waals surface area contributed by atoms with Gasteiger partial charge in [-0.2, -0.15) is 0 Å². The second-order valence-corrected chi connectivity index (χ2v) is 2.39. The Morgan fingerprint density at radius 1 is 1.43 bits per heavy atom. The van der Waals surface area contributed by atoms with Gasteiger partial charge < -0.3 is 0 Å². The minimum atomic E-state index is 0.904. The fourth-order valence-electron chi connectivity index (χ4n) is 0.683. The summed E-state index contributed by atoms with van der Waals surface area (Å²) in [6.07, 6.45) is 0. The van der Waals surface area contributed by atoms with Crippen LogP contribution < -0.4 is 0 Å². The number of hydrogen-bond donors (Lipinski definition) is 0. The van der Waals surface area contributed by atoms with Crippen molar-refractivity contribution in [3.8, 4) is 0 Å². The second-order valence-electron chi connectivity index (χ2n) is 1.91. The third kappa shape index (κ3) is 1.30. The molecule has 0 amide bonds. The first-order valence-electron chi connectivity index (χ1n) is 2.38. The molecule has 3 heteroatoms. The Labute approximate surface area is 48.8 Å². The van der Waals surface area contributed by atoms with E-state index >= 15 is 0 Å². The van der Waals surface area contributed by atoms with Gasteiger partial charge in [0.25, 0.3) is 0 Å². The summed E-state index contributed by atoms with van der Waals surface area (Å²) < 4.78 is 1.78. The van der Waals surface area contributed by atoms with Crippen LogP contribution in [0.25, 0.3) is 0 Å². The van der Waals surface area contributed by atoms with Crippen molar-refractivity contribution in [1.29, 1.82) is 0 Å². The van der Waals surface area contributed by atoms with Gasteiger partial charge in [-0.3, -0.25) is 4.90 Å². The van der Waals surface area contributed by atoms with Gasteiger partial charge in [0.2, 0.25) is 0 Å². The molecule has 7 heavy (non-hydrogen) atoms. The van der Waals surface area contributed by atoms with Gasteiger partial charge in [-0.25, -0.2) is 4.42 Å². The number of rotatable bonds is 0. The van der Waals surface area contributed by atoms with E-state index in [0.29, 0.717) is 0 Å². The number of nitrogens with zero attached hydrogens (tertiary/aromatic N) is 2. The molecule has 0 atom stereocenters. The van der Waals surface area contributed by atoms with Gasteiger partial charge >= 0.3 is 0 Å². The Balaban J connectivity index is 2.26. The van der Waals surface area contributed by atoms with Crippen LogP contribution in [0.5, 0.6) is 0 Å². The van der Waals surface area contributed by atoms with Crippen LogP contribution in [0, 0.1) is 0 Å². The highest BCUT2D eigenvalue weighted by molar-refractivity contribution is 6.13. The molecule has 0 aromatic heterocycles. The summed E-state index contributed by atoms with van der Waals surface area (Å²) >= 11 is 5.60. The van der Waals surface area contributed by atoms with Gasteiger partial charge in [0.15, 0.2) is 0 Å². The maximum absolute atomic E-state index is 5.60. The van der Waals surface area contributed by atoms with Crippen LogP contribution in [0.2, 0.25) is 0 Å². The molecule has 0 saturated carbocycles. The molecule has 0 spiro atoms. The molecule has 1 fully saturated rings. The molecule has 0 aromatic rings. The first-order valence-corrected chi connectivity index (χ1v) is 2.72. The molecule has 1 aliphatic rings. The van der Waals surface area contributed by atoms with E-state index < -0.39 is 0 Å². The molecule has 0 N–H and O–H groups in total. The van der Waals surface area contributed by atoms with E-state index in [-0.39, 0.29) is 0 Å². The first-order chi connectivity index (χ1) is 3.29. The molecule has 0 unspecified atom stereocenters. The molecule has 0 aliphatic carbocycles.